The van der Waals surface area contributed by atoms with Crippen molar-refractivity contribution >= 4 is 12.1 Å². The fourth-order valence-electron chi connectivity index (χ4n) is 4.52. The SMILES string of the molecule is CC1(C)O[C-]=C(C2(Cc3ccccc3)CCCN(C(=O)OCc3ccccc3)CC2)C(=O)O1.[Na+].[OH-]. The average molecular weight is 489 g/mol. The Bertz CT molecular complexity index is 1010. The number of carbonyl (C=O) groups excluding carboxylic acids is 2. The van der Waals surface area contributed by atoms with Gasteiger partial charge >= 0.3 is 35.7 Å². The van der Waals surface area contributed by atoms with Gasteiger partial charge in [0.05, 0.1) is 0 Å². The first-order valence-corrected chi connectivity index (χ1v) is 11.4. The van der Waals surface area contributed by atoms with Gasteiger partial charge in [-0.25, -0.2) is 4.79 Å². The minimum Gasteiger partial charge on any atom is -0.870 e. The summed E-state index contributed by atoms with van der Waals surface area (Å²) in [5, 5.41) is 0. The third-order valence-electron chi connectivity index (χ3n) is 6.26. The molecule has 1 unspecified atom stereocenters. The Morgan fingerprint density at radius 2 is 1.63 bits per heavy atom. The summed E-state index contributed by atoms with van der Waals surface area (Å²) in [5.41, 5.74) is 1.95. The molecular weight excluding hydrogens is 457 g/mol. The molecule has 0 aliphatic carbocycles. The molecule has 182 valence electrons. The summed E-state index contributed by atoms with van der Waals surface area (Å²) >= 11 is 0. The Morgan fingerprint density at radius 1 is 1.00 bits per heavy atom. The van der Waals surface area contributed by atoms with E-state index >= 15 is 0 Å². The van der Waals surface area contributed by atoms with E-state index in [0.717, 1.165) is 17.5 Å². The molecule has 0 bridgehead atoms. The number of likely N-dealkylation sites (tertiary alicyclic amines) is 1. The van der Waals surface area contributed by atoms with Crippen molar-refractivity contribution in [2.75, 3.05) is 13.1 Å². The van der Waals surface area contributed by atoms with E-state index in [4.69, 9.17) is 14.2 Å². The Morgan fingerprint density at radius 3 is 2.26 bits per heavy atom. The number of ether oxygens (including phenoxy) is 3. The Balaban J connectivity index is 0.00000216. The molecule has 0 spiro atoms. The second-order valence-electron chi connectivity index (χ2n) is 9.19. The zero-order valence-corrected chi connectivity index (χ0v) is 22.7. The quantitative estimate of drug-likeness (QED) is 0.362. The molecule has 0 aromatic heterocycles. The minimum absolute atomic E-state index is 0. The molecule has 1 fully saturated rings. The maximum Gasteiger partial charge on any atom is 1.00 e. The smallest absolute Gasteiger partial charge is 0.870 e. The maximum atomic E-state index is 13.0. The largest absolute Gasteiger partial charge is 1.00 e. The van der Waals surface area contributed by atoms with Gasteiger partial charge in [-0.1, -0.05) is 72.5 Å². The van der Waals surface area contributed by atoms with Crippen LogP contribution in [0.4, 0.5) is 4.79 Å². The van der Waals surface area contributed by atoms with Crippen LogP contribution in [-0.2, 0) is 32.0 Å². The molecule has 0 radical (unpaired) electrons. The van der Waals surface area contributed by atoms with Crippen LogP contribution in [0, 0.1) is 11.7 Å². The van der Waals surface area contributed by atoms with Gasteiger partial charge in [0.2, 0.25) is 5.79 Å². The van der Waals surface area contributed by atoms with Crippen LogP contribution in [-0.4, -0.2) is 41.3 Å². The molecule has 1 atom stereocenters. The van der Waals surface area contributed by atoms with Gasteiger partial charge in [0, 0.05) is 26.9 Å². The van der Waals surface area contributed by atoms with Crippen molar-refractivity contribution in [1.82, 2.24) is 4.90 Å². The molecule has 1 saturated heterocycles. The number of cyclic esters (lactones) is 1. The number of benzene rings is 2. The van der Waals surface area contributed by atoms with E-state index in [-0.39, 0.29) is 47.7 Å². The molecule has 2 aliphatic heterocycles. The summed E-state index contributed by atoms with van der Waals surface area (Å²) in [6.07, 6.45) is 5.25. The van der Waals surface area contributed by atoms with Gasteiger partial charge in [0.25, 0.3) is 0 Å². The van der Waals surface area contributed by atoms with Crippen LogP contribution in [0.5, 0.6) is 0 Å². The molecular formula is C27H31NNaO6-. The summed E-state index contributed by atoms with van der Waals surface area (Å²) in [7, 11) is 0. The summed E-state index contributed by atoms with van der Waals surface area (Å²) < 4.78 is 16.7. The van der Waals surface area contributed by atoms with Gasteiger partial charge in [0.1, 0.15) is 6.61 Å². The molecule has 2 aliphatic rings. The molecule has 8 heteroatoms. The number of carbonyl (C=O) groups is 2. The van der Waals surface area contributed by atoms with E-state index in [1.165, 1.54) is 0 Å². The standard InChI is InChI=1S/C27H30NO5.Na.H2O/c1-26(2)32-20-23(24(29)33-26)27(18-21-10-5-3-6-11-21)14-9-16-28(17-15-27)25(30)31-19-22-12-7-4-8-13-22;;/h3-8,10-13H,9,14-19H2,1-2H3;;1H2/q-1;+1;/p-1. The molecule has 1 N–H and O–H groups in total. The molecule has 1 amide bonds. The molecule has 2 aromatic rings. The molecule has 4 rings (SSSR count). The van der Waals surface area contributed by atoms with Crippen LogP contribution in [0.25, 0.3) is 0 Å². The zero-order chi connectivity index (χ0) is 23.3. The first-order chi connectivity index (χ1) is 15.9. The van der Waals surface area contributed by atoms with Crippen molar-refractivity contribution in [2.24, 2.45) is 5.41 Å². The van der Waals surface area contributed by atoms with Crippen molar-refractivity contribution in [2.45, 2.75) is 51.9 Å². The van der Waals surface area contributed by atoms with Gasteiger partial charge in [-0.05, 0) is 42.2 Å². The van der Waals surface area contributed by atoms with Crippen LogP contribution in [0.1, 0.15) is 44.2 Å². The minimum atomic E-state index is -1.04. The van der Waals surface area contributed by atoms with E-state index in [1.807, 2.05) is 48.5 Å². The normalized spacial score (nSPS) is 21.1. The Kier molecular flexibility index (Phi) is 10.4. The predicted molar refractivity (Wildman–Crippen MR) is 125 cm³/mol. The Hall–Kier alpha value is -2.32. The number of nitrogens with zero attached hydrogens (tertiary/aromatic N) is 1. The number of rotatable bonds is 5. The third kappa shape index (κ3) is 7.34. The van der Waals surface area contributed by atoms with Crippen molar-refractivity contribution in [3.63, 3.8) is 0 Å². The number of hydrogen-bond acceptors (Lipinski definition) is 6. The first-order valence-electron chi connectivity index (χ1n) is 11.4. The van der Waals surface area contributed by atoms with E-state index in [9.17, 15) is 9.59 Å². The number of hydrogen-bond donors (Lipinski definition) is 0. The topological polar surface area (TPSA) is 95.1 Å². The zero-order valence-electron chi connectivity index (χ0n) is 20.7. The second kappa shape index (κ2) is 12.6. The van der Waals surface area contributed by atoms with Crippen molar-refractivity contribution in [3.05, 3.63) is 83.6 Å². The molecule has 0 saturated carbocycles. The second-order valence-corrected chi connectivity index (χ2v) is 9.19. The fraction of sp³-hybridized carbons (Fsp3) is 0.407. The summed E-state index contributed by atoms with van der Waals surface area (Å²) in [5.74, 6) is -1.44. The van der Waals surface area contributed by atoms with Gasteiger partial charge in [-0.2, -0.15) is 0 Å². The van der Waals surface area contributed by atoms with Crippen LogP contribution in [0.2, 0.25) is 0 Å². The summed E-state index contributed by atoms with van der Waals surface area (Å²) in [6, 6.07) is 19.7. The monoisotopic (exact) mass is 488 g/mol. The average Bonchev–Trinajstić information content (AvgIpc) is 3.01. The first kappa shape index (κ1) is 28.9. The van der Waals surface area contributed by atoms with Crippen LogP contribution in [0.15, 0.2) is 66.2 Å². The van der Waals surface area contributed by atoms with Gasteiger partial charge < -0.3 is 29.4 Å². The maximum absolute atomic E-state index is 13.0. The van der Waals surface area contributed by atoms with Gasteiger partial charge in [0.15, 0.2) is 5.97 Å². The summed E-state index contributed by atoms with van der Waals surface area (Å²) in [4.78, 5) is 27.5. The van der Waals surface area contributed by atoms with Crippen LogP contribution >= 0.6 is 0 Å². The van der Waals surface area contributed by atoms with Gasteiger partial charge in [-0.15, -0.1) is 0 Å². The molecule has 7 nitrogen and oxygen atoms in total. The Labute approximate surface area is 229 Å². The van der Waals surface area contributed by atoms with Crippen molar-refractivity contribution in [1.29, 1.82) is 0 Å². The van der Waals surface area contributed by atoms with E-state index < -0.39 is 17.2 Å². The number of esters is 1. The van der Waals surface area contributed by atoms with Crippen LogP contribution in [0.3, 0.4) is 0 Å². The van der Waals surface area contributed by atoms with E-state index in [0.29, 0.717) is 37.9 Å². The fourth-order valence-corrected chi connectivity index (χ4v) is 4.52. The summed E-state index contributed by atoms with van der Waals surface area (Å²) in [6.45, 7) is 4.66. The van der Waals surface area contributed by atoms with Gasteiger partial charge in [-0.3, -0.25) is 0 Å². The third-order valence-corrected chi connectivity index (χ3v) is 6.26. The predicted octanol–water partition coefficient (Wildman–Crippen LogP) is 1.86. The van der Waals surface area contributed by atoms with Crippen molar-refractivity contribution < 1.29 is 58.8 Å². The molecule has 2 heterocycles. The van der Waals surface area contributed by atoms with Crippen LogP contribution < -0.4 is 29.6 Å². The molecule has 2 aromatic carbocycles. The molecule has 35 heavy (non-hydrogen) atoms. The van der Waals surface area contributed by atoms with E-state index in [2.05, 4.69) is 18.4 Å². The van der Waals surface area contributed by atoms with Crippen molar-refractivity contribution in [3.8, 4) is 0 Å². The number of amides is 1. The van der Waals surface area contributed by atoms with E-state index in [1.54, 1.807) is 18.7 Å².